The fourth-order valence-electron chi connectivity index (χ4n) is 3.77. The zero-order valence-electron chi connectivity index (χ0n) is 12.2. The fraction of sp³-hybridized carbons (Fsp3) is 0.765. The number of rotatable bonds is 3. The molecular weight excluding hydrogens is 232 g/mol. The SMILES string of the molecule is C1=CC(CN2CCC(N3CCCCC3)CC2)=CCC1. The van der Waals surface area contributed by atoms with Crippen LogP contribution in [0.1, 0.15) is 44.9 Å². The van der Waals surface area contributed by atoms with Crippen molar-refractivity contribution >= 4 is 0 Å². The van der Waals surface area contributed by atoms with Crippen molar-refractivity contribution in [3.05, 3.63) is 23.8 Å². The number of allylic oxidation sites excluding steroid dienone is 2. The van der Waals surface area contributed by atoms with Crippen LogP contribution in [-0.2, 0) is 0 Å². The normalized spacial score (nSPS) is 27.5. The number of hydrogen-bond donors (Lipinski definition) is 0. The summed E-state index contributed by atoms with van der Waals surface area (Å²) >= 11 is 0. The van der Waals surface area contributed by atoms with E-state index in [1.165, 1.54) is 77.7 Å². The second-order valence-corrected chi connectivity index (χ2v) is 6.36. The predicted molar refractivity (Wildman–Crippen MR) is 81.3 cm³/mol. The van der Waals surface area contributed by atoms with E-state index in [-0.39, 0.29) is 0 Å². The highest BCUT2D eigenvalue weighted by Gasteiger charge is 2.25. The monoisotopic (exact) mass is 260 g/mol. The van der Waals surface area contributed by atoms with Crippen LogP contribution in [0, 0.1) is 0 Å². The van der Waals surface area contributed by atoms with Crippen LogP contribution in [0.5, 0.6) is 0 Å². The van der Waals surface area contributed by atoms with Crippen LogP contribution in [0.15, 0.2) is 23.8 Å². The largest absolute Gasteiger partial charge is 0.300 e. The summed E-state index contributed by atoms with van der Waals surface area (Å²) in [7, 11) is 0. The highest BCUT2D eigenvalue weighted by Crippen LogP contribution is 2.22. The van der Waals surface area contributed by atoms with Gasteiger partial charge in [0.1, 0.15) is 0 Å². The molecule has 19 heavy (non-hydrogen) atoms. The van der Waals surface area contributed by atoms with Gasteiger partial charge in [-0.05, 0) is 70.3 Å². The lowest BCUT2D eigenvalue weighted by Crippen LogP contribution is -2.47. The molecule has 0 saturated carbocycles. The maximum atomic E-state index is 2.76. The first-order chi connectivity index (χ1) is 9.42. The molecule has 3 aliphatic rings. The molecule has 0 radical (unpaired) electrons. The van der Waals surface area contributed by atoms with Gasteiger partial charge >= 0.3 is 0 Å². The van der Waals surface area contributed by atoms with Crippen LogP contribution in [0.4, 0.5) is 0 Å². The highest BCUT2D eigenvalue weighted by molar-refractivity contribution is 5.23. The first-order valence-electron chi connectivity index (χ1n) is 8.24. The number of piperidine rings is 2. The summed E-state index contributed by atoms with van der Waals surface area (Å²) in [6, 6.07) is 0.882. The van der Waals surface area contributed by atoms with E-state index in [1.807, 2.05) is 0 Å². The number of likely N-dealkylation sites (tertiary alicyclic amines) is 2. The van der Waals surface area contributed by atoms with Gasteiger partial charge < -0.3 is 4.90 Å². The molecule has 0 aromatic heterocycles. The molecule has 0 spiro atoms. The Morgan fingerprint density at radius 2 is 1.74 bits per heavy atom. The Kier molecular flexibility index (Phi) is 4.73. The van der Waals surface area contributed by atoms with Crippen LogP contribution in [0.2, 0.25) is 0 Å². The Bertz CT molecular complexity index is 331. The minimum atomic E-state index is 0.882. The van der Waals surface area contributed by atoms with E-state index in [0.717, 1.165) is 6.04 Å². The van der Waals surface area contributed by atoms with E-state index in [4.69, 9.17) is 0 Å². The van der Waals surface area contributed by atoms with Gasteiger partial charge in [0.2, 0.25) is 0 Å². The second kappa shape index (κ2) is 6.71. The lowest BCUT2D eigenvalue weighted by molar-refractivity contribution is 0.0967. The van der Waals surface area contributed by atoms with Crippen molar-refractivity contribution in [1.29, 1.82) is 0 Å². The van der Waals surface area contributed by atoms with Gasteiger partial charge in [0.15, 0.2) is 0 Å². The van der Waals surface area contributed by atoms with Gasteiger partial charge in [-0.3, -0.25) is 4.90 Å². The van der Waals surface area contributed by atoms with Crippen LogP contribution in [-0.4, -0.2) is 48.6 Å². The van der Waals surface area contributed by atoms with E-state index in [1.54, 1.807) is 5.57 Å². The molecule has 2 heterocycles. The van der Waals surface area contributed by atoms with Gasteiger partial charge in [0.25, 0.3) is 0 Å². The quantitative estimate of drug-likeness (QED) is 0.769. The molecule has 2 saturated heterocycles. The Hall–Kier alpha value is -0.600. The van der Waals surface area contributed by atoms with Gasteiger partial charge in [-0.2, -0.15) is 0 Å². The average molecular weight is 260 g/mol. The van der Waals surface area contributed by atoms with Crippen LogP contribution in [0.3, 0.4) is 0 Å². The molecule has 0 N–H and O–H groups in total. The van der Waals surface area contributed by atoms with Crippen molar-refractivity contribution in [2.24, 2.45) is 0 Å². The Labute approximate surface area is 118 Å². The number of hydrogen-bond acceptors (Lipinski definition) is 2. The summed E-state index contributed by atoms with van der Waals surface area (Å²) in [5, 5.41) is 0. The molecule has 2 nitrogen and oxygen atoms in total. The van der Waals surface area contributed by atoms with Crippen molar-refractivity contribution in [3.63, 3.8) is 0 Å². The zero-order valence-corrected chi connectivity index (χ0v) is 12.2. The maximum Gasteiger partial charge on any atom is 0.0230 e. The smallest absolute Gasteiger partial charge is 0.0230 e. The van der Waals surface area contributed by atoms with E-state index >= 15 is 0 Å². The van der Waals surface area contributed by atoms with E-state index in [2.05, 4.69) is 28.0 Å². The minimum Gasteiger partial charge on any atom is -0.300 e. The molecule has 3 rings (SSSR count). The zero-order chi connectivity index (χ0) is 12.9. The third kappa shape index (κ3) is 3.70. The summed E-state index contributed by atoms with van der Waals surface area (Å²) in [5.41, 5.74) is 1.54. The van der Waals surface area contributed by atoms with Crippen molar-refractivity contribution < 1.29 is 0 Å². The summed E-state index contributed by atoms with van der Waals surface area (Å²) in [6.45, 7) is 6.50. The summed E-state index contributed by atoms with van der Waals surface area (Å²) in [6.07, 6.45) is 16.7. The van der Waals surface area contributed by atoms with Crippen molar-refractivity contribution in [1.82, 2.24) is 9.80 Å². The Morgan fingerprint density at radius 1 is 0.947 bits per heavy atom. The molecule has 0 amide bonds. The Morgan fingerprint density at radius 3 is 2.42 bits per heavy atom. The topological polar surface area (TPSA) is 6.48 Å². The van der Waals surface area contributed by atoms with E-state index in [0.29, 0.717) is 0 Å². The average Bonchev–Trinajstić information content (AvgIpc) is 2.50. The summed E-state index contributed by atoms with van der Waals surface area (Å²) in [4.78, 5) is 5.42. The first kappa shape index (κ1) is 13.4. The molecule has 0 unspecified atom stereocenters. The van der Waals surface area contributed by atoms with Crippen molar-refractivity contribution in [2.75, 3.05) is 32.7 Å². The molecule has 1 aliphatic carbocycles. The van der Waals surface area contributed by atoms with Crippen LogP contribution >= 0.6 is 0 Å². The molecule has 0 aromatic carbocycles. The fourth-order valence-corrected chi connectivity index (χ4v) is 3.77. The van der Waals surface area contributed by atoms with Gasteiger partial charge in [0, 0.05) is 12.6 Å². The van der Waals surface area contributed by atoms with E-state index in [9.17, 15) is 0 Å². The molecule has 106 valence electrons. The maximum absolute atomic E-state index is 2.76. The molecule has 0 aromatic rings. The van der Waals surface area contributed by atoms with Crippen LogP contribution in [0.25, 0.3) is 0 Å². The molecule has 2 fully saturated rings. The lowest BCUT2D eigenvalue weighted by atomic mass is 9.99. The second-order valence-electron chi connectivity index (χ2n) is 6.36. The van der Waals surface area contributed by atoms with Gasteiger partial charge in [-0.25, -0.2) is 0 Å². The minimum absolute atomic E-state index is 0.882. The van der Waals surface area contributed by atoms with Gasteiger partial charge in [-0.15, -0.1) is 0 Å². The van der Waals surface area contributed by atoms with Gasteiger partial charge in [-0.1, -0.05) is 24.6 Å². The summed E-state index contributed by atoms with van der Waals surface area (Å²) in [5.74, 6) is 0. The third-order valence-electron chi connectivity index (χ3n) is 4.94. The van der Waals surface area contributed by atoms with Crippen molar-refractivity contribution in [2.45, 2.75) is 51.0 Å². The van der Waals surface area contributed by atoms with Crippen LogP contribution < -0.4 is 0 Å². The van der Waals surface area contributed by atoms with Crippen molar-refractivity contribution in [3.8, 4) is 0 Å². The molecule has 0 bridgehead atoms. The molecular formula is C17H28N2. The predicted octanol–water partition coefficient (Wildman–Crippen LogP) is 3.21. The van der Waals surface area contributed by atoms with E-state index < -0.39 is 0 Å². The number of nitrogens with zero attached hydrogens (tertiary/aromatic N) is 2. The lowest BCUT2D eigenvalue weighted by Gasteiger charge is -2.40. The molecule has 2 aliphatic heterocycles. The van der Waals surface area contributed by atoms with Gasteiger partial charge in [0.05, 0.1) is 0 Å². The highest BCUT2D eigenvalue weighted by atomic mass is 15.2. The molecule has 0 atom stereocenters. The first-order valence-corrected chi connectivity index (χ1v) is 8.24. The Balaban J connectivity index is 1.44. The third-order valence-corrected chi connectivity index (χ3v) is 4.94. The standard InChI is InChI=1S/C17H28N2/c1-3-7-16(8-4-1)15-18-13-9-17(10-14-18)19-11-5-2-6-12-19/h3,7-8,17H,1-2,4-6,9-15H2. The summed E-state index contributed by atoms with van der Waals surface area (Å²) < 4.78 is 0. The molecule has 2 heteroatoms.